The summed E-state index contributed by atoms with van der Waals surface area (Å²) in [6.45, 7) is 14.5. The van der Waals surface area contributed by atoms with Crippen LogP contribution in [0.4, 0.5) is 0 Å². The zero-order valence-electron chi connectivity index (χ0n) is 11.6. The van der Waals surface area contributed by atoms with Crippen molar-refractivity contribution >= 4 is 0 Å². The highest BCUT2D eigenvalue weighted by molar-refractivity contribution is 5.05. The van der Waals surface area contributed by atoms with E-state index in [1.165, 1.54) is 37.7 Å². The van der Waals surface area contributed by atoms with Crippen molar-refractivity contribution in [3.05, 3.63) is 12.2 Å². The molecule has 0 spiro atoms. The van der Waals surface area contributed by atoms with E-state index in [1.54, 1.807) is 0 Å². The molecule has 0 saturated heterocycles. The van der Waals surface area contributed by atoms with Gasteiger partial charge in [0.25, 0.3) is 0 Å². The summed E-state index contributed by atoms with van der Waals surface area (Å²) in [6.07, 6.45) is 6.68. The van der Waals surface area contributed by atoms with Crippen molar-refractivity contribution in [3.63, 3.8) is 0 Å². The quantitative estimate of drug-likeness (QED) is 0.691. The van der Waals surface area contributed by atoms with Gasteiger partial charge in [0.15, 0.2) is 0 Å². The first-order valence-corrected chi connectivity index (χ1v) is 6.85. The van der Waals surface area contributed by atoms with Crippen LogP contribution in [0.2, 0.25) is 0 Å². The first-order chi connectivity index (χ1) is 7.46. The van der Waals surface area contributed by atoms with Gasteiger partial charge in [-0.15, -0.1) is 0 Å². The minimum Gasteiger partial charge on any atom is -0.310 e. The van der Waals surface area contributed by atoms with Crippen LogP contribution in [-0.2, 0) is 0 Å². The van der Waals surface area contributed by atoms with E-state index in [0.717, 1.165) is 12.5 Å². The van der Waals surface area contributed by atoms with Crippen LogP contribution in [0.3, 0.4) is 0 Å². The first-order valence-electron chi connectivity index (χ1n) is 6.85. The molecule has 94 valence electrons. The fourth-order valence-corrected chi connectivity index (χ4v) is 2.80. The molecule has 1 aliphatic carbocycles. The van der Waals surface area contributed by atoms with Crippen molar-refractivity contribution in [3.8, 4) is 0 Å². The molecule has 1 heteroatoms. The standard InChI is InChI=1S/C15H29N/c1-6-11-16-14(12(2)3)13-7-9-15(4,5)10-8-13/h13-14,16H,2,6-11H2,1,3-5H3. The van der Waals surface area contributed by atoms with E-state index in [2.05, 4.69) is 39.6 Å². The summed E-state index contributed by atoms with van der Waals surface area (Å²) in [7, 11) is 0. The molecule has 0 aromatic rings. The zero-order chi connectivity index (χ0) is 12.2. The topological polar surface area (TPSA) is 12.0 Å². The van der Waals surface area contributed by atoms with Crippen LogP contribution in [0, 0.1) is 11.3 Å². The van der Waals surface area contributed by atoms with Gasteiger partial charge in [-0.1, -0.05) is 32.9 Å². The lowest BCUT2D eigenvalue weighted by Crippen LogP contribution is -2.40. The van der Waals surface area contributed by atoms with Crippen LogP contribution in [0.25, 0.3) is 0 Å². The van der Waals surface area contributed by atoms with Crippen molar-refractivity contribution in [2.24, 2.45) is 11.3 Å². The maximum Gasteiger partial charge on any atom is 0.0302 e. The molecule has 0 bridgehead atoms. The summed E-state index contributed by atoms with van der Waals surface area (Å²) in [5.74, 6) is 0.817. The number of hydrogen-bond acceptors (Lipinski definition) is 1. The van der Waals surface area contributed by atoms with Gasteiger partial charge in [0.05, 0.1) is 0 Å². The first kappa shape index (κ1) is 13.8. The second kappa shape index (κ2) is 5.86. The largest absolute Gasteiger partial charge is 0.310 e. The predicted octanol–water partition coefficient (Wildman–Crippen LogP) is 4.15. The van der Waals surface area contributed by atoms with Crippen LogP contribution in [0.1, 0.15) is 59.8 Å². The molecule has 1 N–H and O–H groups in total. The maximum absolute atomic E-state index is 4.16. The molecule has 1 rings (SSSR count). The Balaban J connectivity index is 2.50. The molecule has 16 heavy (non-hydrogen) atoms. The molecule has 0 aromatic heterocycles. The molecular weight excluding hydrogens is 194 g/mol. The minimum atomic E-state index is 0.552. The van der Waals surface area contributed by atoms with Gasteiger partial charge < -0.3 is 5.32 Å². The monoisotopic (exact) mass is 223 g/mol. The molecule has 1 fully saturated rings. The predicted molar refractivity (Wildman–Crippen MR) is 72.6 cm³/mol. The molecule has 1 nitrogen and oxygen atoms in total. The molecule has 0 aliphatic heterocycles. The Morgan fingerprint density at radius 1 is 1.38 bits per heavy atom. The van der Waals surface area contributed by atoms with Crippen molar-refractivity contribution in [2.75, 3.05) is 6.54 Å². The molecule has 1 saturated carbocycles. The Morgan fingerprint density at radius 3 is 2.38 bits per heavy atom. The summed E-state index contributed by atoms with van der Waals surface area (Å²) in [6, 6.07) is 0.552. The Hall–Kier alpha value is -0.300. The van der Waals surface area contributed by atoms with Crippen molar-refractivity contribution < 1.29 is 0 Å². The Labute approximate surface area is 102 Å². The average Bonchev–Trinajstić information content (AvgIpc) is 2.20. The highest BCUT2D eigenvalue weighted by atomic mass is 14.9. The van der Waals surface area contributed by atoms with E-state index in [-0.39, 0.29) is 0 Å². The summed E-state index contributed by atoms with van der Waals surface area (Å²) in [5, 5.41) is 3.67. The Morgan fingerprint density at radius 2 is 1.94 bits per heavy atom. The SMILES string of the molecule is C=C(C)C(NCCC)C1CCC(C)(C)CC1. The van der Waals surface area contributed by atoms with Crippen LogP contribution in [0.15, 0.2) is 12.2 Å². The van der Waals surface area contributed by atoms with Crippen molar-refractivity contribution in [1.29, 1.82) is 0 Å². The van der Waals surface area contributed by atoms with Gasteiger partial charge in [0.1, 0.15) is 0 Å². The molecule has 0 aromatic carbocycles. The zero-order valence-corrected chi connectivity index (χ0v) is 11.6. The second-order valence-corrected chi connectivity index (χ2v) is 6.28. The highest BCUT2D eigenvalue weighted by Crippen LogP contribution is 2.40. The van der Waals surface area contributed by atoms with Crippen LogP contribution in [0.5, 0.6) is 0 Å². The third-order valence-corrected chi connectivity index (χ3v) is 4.00. The lowest BCUT2D eigenvalue weighted by molar-refractivity contribution is 0.170. The summed E-state index contributed by atoms with van der Waals surface area (Å²) < 4.78 is 0. The van der Waals surface area contributed by atoms with Crippen LogP contribution in [-0.4, -0.2) is 12.6 Å². The summed E-state index contributed by atoms with van der Waals surface area (Å²) in [4.78, 5) is 0. The number of nitrogens with one attached hydrogen (secondary N) is 1. The molecular formula is C15H29N. The van der Waals surface area contributed by atoms with Crippen LogP contribution < -0.4 is 5.32 Å². The van der Waals surface area contributed by atoms with E-state index in [1.807, 2.05) is 0 Å². The van der Waals surface area contributed by atoms with E-state index < -0.39 is 0 Å². The van der Waals surface area contributed by atoms with E-state index >= 15 is 0 Å². The van der Waals surface area contributed by atoms with E-state index in [4.69, 9.17) is 0 Å². The molecule has 1 atom stereocenters. The fourth-order valence-electron chi connectivity index (χ4n) is 2.80. The smallest absolute Gasteiger partial charge is 0.0302 e. The van der Waals surface area contributed by atoms with Gasteiger partial charge in [0.2, 0.25) is 0 Å². The minimum absolute atomic E-state index is 0.552. The van der Waals surface area contributed by atoms with Gasteiger partial charge in [-0.2, -0.15) is 0 Å². The summed E-state index contributed by atoms with van der Waals surface area (Å²) >= 11 is 0. The van der Waals surface area contributed by atoms with E-state index in [0.29, 0.717) is 11.5 Å². The third-order valence-electron chi connectivity index (χ3n) is 4.00. The Bertz CT molecular complexity index is 220. The second-order valence-electron chi connectivity index (χ2n) is 6.28. The fraction of sp³-hybridized carbons (Fsp3) is 0.867. The van der Waals surface area contributed by atoms with E-state index in [9.17, 15) is 0 Å². The van der Waals surface area contributed by atoms with Gasteiger partial charge >= 0.3 is 0 Å². The molecule has 1 aliphatic rings. The highest BCUT2D eigenvalue weighted by Gasteiger charge is 2.31. The molecule has 0 radical (unpaired) electrons. The number of hydrogen-bond donors (Lipinski definition) is 1. The third kappa shape index (κ3) is 3.93. The maximum atomic E-state index is 4.16. The Kier molecular flexibility index (Phi) is 5.04. The van der Waals surface area contributed by atoms with Gasteiger partial charge in [-0.05, 0) is 56.9 Å². The van der Waals surface area contributed by atoms with Crippen molar-refractivity contribution in [2.45, 2.75) is 65.8 Å². The van der Waals surface area contributed by atoms with Gasteiger partial charge in [-0.3, -0.25) is 0 Å². The van der Waals surface area contributed by atoms with Crippen molar-refractivity contribution in [1.82, 2.24) is 5.32 Å². The average molecular weight is 223 g/mol. The van der Waals surface area contributed by atoms with Gasteiger partial charge in [-0.25, -0.2) is 0 Å². The molecule has 0 heterocycles. The van der Waals surface area contributed by atoms with Gasteiger partial charge in [0, 0.05) is 6.04 Å². The molecule has 0 amide bonds. The lowest BCUT2D eigenvalue weighted by Gasteiger charge is -2.38. The lowest BCUT2D eigenvalue weighted by atomic mass is 9.70. The summed E-state index contributed by atoms with van der Waals surface area (Å²) in [5.41, 5.74) is 1.89. The van der Waals surface area contributed by atoms with Crippen LogP contribution >= 0.6 is 0 Å². The number of rotatable bonds is 5. The normalized spacial score (nSPS) is 23.0. The molecule has 1 unspecified atom stereocenters.